The Morgan fingerprint density at radius 3 is 2.52 bits per heavy atom. The Morgan fingerprint density at radius 1 is 1.13 bits per heavy atom. The van der Waals surface area contributed by atoms with Crippen LogP contribution in [0.2, 0.25) is 0 Å². The van der Waals surface area contributed by atoms with Crippen molar-refractivity contribution < 1.29 is 14.3 Å². The highest BCUT2D eigenvalue weighted by atomic mass is 16.5. The predicted octanol–water partition coefficient (Wildman–Crippen LogP) is 1.70. The molecule has 0 aliphatic rings. The summed E-state index contributed by atoms with van der Waals surface area (Å²) in [5.41, 5.74) is 2.46. The second-order valence-electron chi connectivity index (χ2n) is 5.06. The van der Waals surface area contributed by atoms with Crippen LogP contribution in [0, 0.1) is 6.92 Å². The molecule has 1 aromatic carbocycles. The molecular weight excluding hydrogens is 294 g/mol. The van der Waals surface area contributed by atoms with Crippen molar-refractivity contribution >= 4 is 17.5 Å². The Balaban J connectivity index is 1.78. The van der Waals surface area contributed by atoms with Gasteiger partial charge < -0.3 is 15.4 Å². The van der Waals surface area contributed by atoms with E-state index >= 15 is 0 Å². The van der Waals surface area contributed by atoms with E-state index in [-0.39, 0.29) is 0 Å². The van der Waals surface area contributed by atoms with E-state index in [1.54, 1.807) is 19.4 Å². The molecule has 6 nitrogen and oxygen atoms in total. The van der Waals surface area contributed by atoms with Gasteiger partial charge in [-0.25, -0.2) is 0 Å². The fraction of sp³-hybridized carbons (Fsp3) is 0.235. The van der Waals surface area contributed by atoms with Gasteiger partial charge in [0.05, 0.1) is 19.0 Å². The summed E-state index contributed by atoms with van der Waals surface area (Å²) in [5, 5.41) is 5.11. The number of hydrogen-bond donors (Lipinski definition) is 2. The minimum absolute atomic E-state index is 0.380. The lowest BCUT2D eigenvalue weighted by Gasteiger charge is -2.07. The monoisotopic (exact) mass is 313 g/mol. The minimum Gasteiger partial charge on any atom is -0.497 e. The summed E-state index contributed by atoms with van der Waals surface area (Å²) in [6.07, 6.45) is 3.80. The summed E-state index contributed by atoms with van der Waals surface area (Å²) in [5.74, 6) is -0.587. The van der Waals surface area contributed by atoms with E-state index in [1.165, 1.54) is 6.20 Å². The van der Waals surface area contributed by atoms with Crippen molar-refractivity contribution in [2.24, 2.45) is 0 Å². The normalized spacial score (nSPS) is 10.0. The average Bonchev–Trinajstić information content (AvgIpc) is 2.55. The molecule has 0 atom stereocenters. The molecule has 0 unspecified atom stereocenters. The summed E-state index contributed by atoms with van der Waals surface area (Å²) in [4.78, 5) is 27.5. The number of methoxy groups -OCH3 is 1. The van der Waals surface area contributed by atoms with Crippen molar-refractivity contribution in [2.45, 2.75) is 13.3 Å². The van der Waals surface area contributed by atoms with Crippen LogP contribution >= 0.6 is 0 Å². The van der Waals surface area contributed by atoms with E-state index in [9.17, 15) is 9.59 Å². The molecule has 0 radical (unpaired) electrons. The van der Waals surface area contributed by atoms with Crippen LogP contribution in [0.15, 0.2) is 42.7 Å². The first kappa shape index (κ1) is 16.5. The number of pyridine rings is 1. The topological polar surface area (TPSA) is 80.3 Å². The number of aryl methyl sites for hydroxylation is 1. The van der Waals surface area contributed by atoms with Crippen molar-refractivity contribution in [1.82, 2.24) is 10.3 Å². The van der Waals surface area contributed by atoms with Crippen molar-refractivity contribution in [3.63, 3.8) is 0 Å². The van der Waals surface area contributed by atoms with Gasteiger partial charge in [0.2, 0.25) is 0 Å². The number of carbonyl (C=O) groups excluding carboxylic acids is 2. The Kier molecular flexibility index (Phi) is 5.68. The lowest BCUT2D eigenvalue weighted by atomic mass is 10.1. The summed E-state index contributed by atoms with van der Waals surface area (Å²) in [6, 6.07) is 9.30. The number of amides is 2. The molecule has 2 rings (SSSR count). The summed E-state index contributed by atoms with van der Waals surface area (Å²) >= 11 is 0. The third kappa shape index (κ3) is 5.10. The van der Waals surface area contributed by atoms with Crippen LogP contribution in [0.5, 0.6) is 5.75 Å². The molecule has 0 spiro atoms. The molecule has 0 bridgehead atoms. The van der Waals surface area contributed by atoms with Crippen LogP contribution < -0.4 is 15.4 Å². The molecule has 0 fully saturated rings. The summed E-state index contributed by atoms with van der Waals surface area (Å²) < 4.78 is 5.08. The molecule has 120 valence electrons. The highest BCUT2D eigenvalue weighted by Crippen LogP contribution is 2.11. The zero-order chi connectivity index (χ0) is 16.7. The van der Waals surface area contributed by atoms with Gasteiger partial charge in [0.25, 0.3) is 0 Å². The van der Waals surface area contributed by atoms with Gasteiger partial charge >= 0.3 is 11.8 Å². The fourth-order valence-corrected chi connectivity index (χ4v) is 2.00. The minimum atomic E-state index is -0.702. The molecule has 0 saturated heterocycles. The number of hydrogen-bond acceptors (Lipinski definition) is 4. The first-order valence-electron chi connectivity index (χ1n) is 7.22. The van der Waals surface area contributed by atoms with Crippen molar-refractivity contribution in [3.05, 3.63) is 53.9 Å². The quantitative estimate of drug-likeness (QED) is 0.823. The van der Waals surface area contributed by atoms with Crippen molar-refractivity contribution in [2.75, 3.05) is 19.0 Å². The maximum Gasteiger partial charge on any atom is 0.313 e. The number of benzene rings is 1. The van der Waals surface area contributed by atoms with E-state index in [0.717, 1.165) is 16.9 Å². The molecule has 1 aromatic heterocycles. The van der Waals surface area contributed by atoms with Crippen molar-refractivity contribution in [3.8, 4) is 5.75 Å². The second-order valence-corrected chi connectivity index (χ2v) is 5.06. The SMILES string of the molecule is COc1ccc(CCNC(=O)C(=O)Nc2cncc(C)c2)cc1. The molecule has 1 heterocycles. The van der Waals surface area contributed by atoms with E-state index in [1.807, 2.05) is 31.2 Å². The van der Waals surface area contributed by atoms with E-state index in [0.29, 0.717) is 18.7 Å². The number of anilines is 1. The van der Waals surface area contributed by atoms with Gasteiger partial charge in [0.15, 0.2) is 0 Å². The van der Waals surface area contributed by atoms with Crippen LogP contribution in [-0.4, -0.2) is 30.5 Å². The third-order valence-corrected chi connectivity index (χ3v) is 3.20. The number of nitrogens with one attached hydrogen (secondary N) is 2. The second kappa shape index (κ2) is 7.93. The average molecular weight is 313 g/mol. The molecule has 23 heavy (non-hydrogen) atoms. The Morgan fingerprint density at radius 2 is 1.87 bits per heavy atom. The molecule has 0 saturated carbocycles. The standard InChI is InChI=1S/C17H19N3O3/c1-12-9-14(11-18-10-12)20-17(22)16(21)19-8-7-13-3-5-15(23-2)6-4-13/h3-6,9-11H,7-8H2,1-2H3,(H,19,21)(H,20,22). The highest BCUT2D eigenvalue weighted by molar-refractivity contribution is 6.39. The molecule has 0 aliphatic carbocycles. The zero-order valence-corrected chi connectivity index (χ0v) is 13.1. The summed E-state index contributed by atoms with van der Waals surface area (Å²) in [7, 11) is 1.61. The van der Waals surface area contributed by atoms with Crippen LogP contribution in [-0.2, 0) is 16.0 Å². The van der Waals surface area contributed by atoms with Gasteiger partial charge in [-0.2, -0.15) is 0 Å². The molecule has 2 amide bonds. The fourth-order valence-electron chi connectivity index (χ4n) is 2.00. The van der Waals surface area contributed by atoms with Gasteiger partial charge in [-0.05, 0) is 42.7 Å². The number of nitrogens with zero attached hydrogens (tertiary/aromatic N) is 1. The molecular formula is C17H19N3O3. The Bertz CT molecular complexity index is 684. The number of ether oxygens (including phenoxy) is 1. The lowest BCUT2D eigenvalue weighted by molar-refractivity contribution is -0.136. The van der Waals surface area contributed by atoms with Gasteiger partial charge in [0, 0.05) is 12.7 Å². The first-order valence-corrected chi connectivity index (χ1v) is 7.22. The van der Waals surface area contributed by atoms with E-state index in [4.69, 9.17) is 4.74 Å². The Hall–Kier alpha value is -2.89. The highest BCUT2D eigenvalue weighted by Gasteiger charge is 2.13. The predicted molar refractivity (Wildman–Crippen MR) is 87.3 cm³/mol. The first-order chi connectivity index (χ1) is 11.1. The molecule has 6 heteroatoms. The molecule has 2 aromatic rings. The van der Waals surface area contributed by atoms with Gasteiger partial charge in [-0.1, -0.05) is 12.1 Å². The molecule has 0 aliphatic heterocycles. The number of aromatic nitrogens is 1. The largest absolute Gasteiger partial charge is 0.497 e. The summed E-state index contributed by atoms with van der Waals surface area (Å²) in [6.45, 7) is 2.24. The van der Waals surface area contributed by atoms with Gasteiger partial charge in [0.1, 0.15) is 5.75 Å². The van der Waals surface area contributed by atoms with Crippen molar-refractivity contribution in [1.29, 1.82) is 0 Å². The van der Waals surface area contributed by atoms with E-state index < -0.39 is 11.8 Å². The molecule has 2 N–H and O–H groups in total. The van der Waals surface area contributed by atoms with Crippen LogP contribution in [0.3, 0.4) is 0 Å². The maximum atomic E-state index is 11.8. The Labute approximate surface area is 134 Å². The number of rotatable bonds is 5. The number of carbonyl (C=O) groups is 2. The van der Waals surface area contributed by atoms with Crippen LogP contribution in [0.4, 0.5) is 5.69 Å². The van der Waals surface area contributed by atoms with E-state index in [2.05, 4.69) is 15.6 Å². The van der Waals surface area contributed by atoms with Gasteiger partial charge in [-0.15, -0.1) is 0 Å². The smallest absolute Gasteiger partial charge is 0.313 e. The lowest BCUT2D eigenvalue weighted by Crippen LogP contribution is -2.36. The van der Waals surface area contributed by atoms with Crippen LogP contribution in [0.1, 0.15) is 11.1 Å². The van der Waals surface area contributed by atoms with Crippen LogP contribution in [0.25, 0.3) is 0 Å². The van der Waals surface area contributed by atoms with Gasteiger partial charge in [-0.3, -0.25) is 14.6 Å². The zero-order valence-electron chi connectivity index (χ0n) is 13.1. The third-order valence-electron chi connectivity index (χ3n) is 3.20. The maximum absolute atomic E-state index is 11.8.